The molecule has 2 nitrogen and oxygen atoms in total. The Morgan fingerprint density at radius 3 is 2.67 bits per heavy atom. The molecule has 1 rings (SSSR count). The molecule has 0 bridgehead atoms. The second-order valence-electron chi connectivity index (χ2n) is 2.97. The predicted molar refractivity (Wildman–Crippen MR) is 52.3 cm³/mol. The molecule has 1 aromatic heterocycles. The van der Waals surface area contributed by atoms with E-state index in [1.54, 1.807) is 12.5 Å². The van der Waals surface area contributed by atoms with Crippen molar-refractivity contribution < 1.29 is 4.42 Å². The van der Waals surface area contributed by atoms with Crippen LogP contribution in [0.25, 0.3) is 0 Å². The third-order valence-electron chi connectivity index (χ3n) is 2.19. The van der Waals surface area contributed by atoms with E-state index in [-0.39, 0.29) is 18.4 Å². The van der Waals surface area contributed by atoms with Gasteiger partial charge in [0, 0.05) is 11.6 Å². The first-order valence-electron chi connectivity index (χ1n) is 4.03. The Balaban J connectivity index is 0.00000121. The van der Waals surface area contributed by atoms with E-state index >= 15 is 0 Å². The minimum absolute atomic E-state index is 0. The highest BCUT2D eigenvalue weighted by molar-refractivity contribution is 5.85. The Morgan fingerprint density at radius 2 is 2.25 bits per heavy atom. The summed E-state index contributed by atoms with van der Waals surface area (Å²) in [6.45, 7) is 4.29. The van der Waals surface area contributed by atoms with E-state index in [1.807, 2.05) is 6.07 Å². The lowest BCUT2D eigenvalue weighted by atomic mass is 9.95. The standard InChI is InChI=1S/C9H15NO.ClH/c1-3-7(2)9(10)8-4-5-11-6-8;/h4-7,9H,3,10H2,1-2H3;1H/t7?,9-;/m0./s1. The average Bonchev–Trinajstić information content (AvgIpc) is 2.53. The van der Waals surface area contributed by atoms with Gasteiger partial charge < -0.3 is 10.2 Å². The van der Waals surface area contributed by atoms with Crippen LogP contribution in [0.2, 0.25) is 0 Å². The molecule has 2 N–H and O–H groups in total. The van der Waals surface area contributed by atoms with Crippen LogP contribution in [-0.2, 0) is 0 Å². The normalized spacial score (nSPS) is 14.9. The summed E-state index contributed by atoms with van der Waals surface area (Å²) in [7, 11) is 0. The Labute approximate surface area is 79.5 Å². The first kappa shape index (κ1) is 11.5. The van der Waals surface area contributed by atoms with Crippen molar-refractivity contribution in [2.24, 2.45) is 11.7 Å². The van der Waals surface area contributed by atoms with Gasteiger partial charge in [-0.05, 0) is 12.0 Å². The van der Waals surface area contributed by atoms with Gasteiger partial charge in [-0.1, -0.05) is 20.3 Å². The summed E-state index contributed by atoms with van der Waals surface area (Å²) >= 11 is 0. The molecule has 0 amide bonds. The summed E-state index contributed by atoms with van der Waals surface area (Å²) in [5.74, 6) is 0.521. The van der Waals surface area contributed by atoms with Crippen LogP contribution in [0.15, 0.2) is 23.0 Å². The summed E-state index contributed by atoms with van der Waals surface area (Å²) in [4.78, 5) is 0. The lowest BCUT2D eigenvalue weighted by molar-refractivity contribution is 0.451. The molecule has 70 valence electrons. The molecule has 3 heteroatoms. The van der Waals surface area contributed by atoms with Gasteiger partial charge in [-0.25, -0.2) is 0 Å². The van der Waals surface area contributed by atoms with Crippen molar-refractivity contribution in [3.63, 3.8) is 0 Å². The van der Waals surface area contributed by atoms with Gasteiger partial charge in [0.2, 0.25) is 0 Å². The van der Waals surface area contributed by atoms with Gasteiger partial charge in [-0.15, -0.1) is 12.4 Å². The number of hydrogen-bond donors (Lipinski definition) is 1. The van der Waals surface area contributed by atoms with E-state index in [0.717, 1.165) is 12.0 Å². The molecule has 12 heavy (non-hydrogen) atoms. The summed E-state index contributed by atoms with van der Waals surface area (Å²) in [6.07, 6.45) is 4.49. The average molecular weight is 190 g/mol. The van der Waals surface area contributed by atoms with Crippen LogP contribution in [0.4, 0.5) is 0 Å². The predicted octanol–water partition coefficient (Wildman–Crippen LogP) is 2.75. The SMILES string of the molecule is CCC(C)[C@H](N)c1ccoc1.Cl. The fourth-order valence-electron chi connectivity index (χ4n) is 1.05. The van der Waals surface area contributed by atoms with Crippen LogP contribution in [-0.4, -0.2) is 0 Å². The maximum Gasteiger partial charge on any atom is 0.0950 e. The van der Waals surface area contributed by atoms with Gasteiger partial charge in [-0.3, -0.25) is 0 Å². The minimum Gasteiger partial charge on any atom is -0.472 e. The summed E-state index contributed by atoms with van der Waals surface area (Å²) < 4.78 is 4.95. The number of furan rings is 1. The fourth-order valence-corrected chi connectivity index (χ4v) is 1.05. The zero-order chi connectivity index (χ0) is 8.27. The van der Waals surface area contributed by atoms with Crippen molar-refractivity contribution >= 4 is 12.4 Å². The molecule has 2 atom stereocenters. The Bertz CT molecular complexity index is 198. The van der Waals surface area contributed by atoms with Gasteiger partial charge in [0.1, 0.15) is 0 Å². The molecule has 0 radical (unpaired) electrons. The third-order valence-corrected chi connectivity index (χ3v) is 2.19. The van der Waals surface area contributed by atoms with Crippen LogP contribution in [0, 0.1) is 5.92 Å². The van der Waals surface area contributed by atoms with Crippen molar-refractivity contribution in [2.75, 3.05) is 0 Å². The van der Waals surface area contributed by atoms with Crippen molar-refractivity contribution in [2.45, 2.75) is 26.3 Å². The van der Waals surface area contributed by atoms with Crippen LogP contribution in [0.5, 0.6) is 0 Å². The number of halogens is 1. The van der Waals surface area contributed by atoms with Crippen molar-refractivity contribution in [3.05, 3.63) is 24.2 Å². The second kappa shape index (κ2) is 5.22. The molecule has 0 aliphatic heterocycles. The number of nitrogens with two attached hydrogens (primary N) is 1. The van der Waals surface area contributed by atoms with E-state index in [9.17, 15) is 0 Å². The van der Waals surface area contributed by atoms with Gasteiger partial charge in [-0.2, -0.15) is 0 Å². The molecule has 0 aliphatic carbocycles. The molecule has 0 fully saturated rings. The van der Waals surface area contributed by atoms with Crippen molar-refractivity contribution in [1.29, 1.82) is 0 Å². The second-order valence-corrected chi connectivity index (χ2v) is 2.97. The molecule has 1 heterocycles. The fraction of sp³-hybridized carbons (Fsp3) is 0.556. The van der Waals surface area contributed by atoms with Crippen molar-refractivity contribution in [3.8, 4) is 0 Å². The van der Waals surface area contributed by atoms with Crippen LogP contribution >= 0.6 is 12.4 Å². The van der Waals surface area contributed by atoms with E-state index < -0.39 is 0 Å². The van der Waals surface area contributed by atoms with E-state index in [1.165, 1.54) is 0 Å². The summed E-state index contributed by atoms with van der Waals surface area (Å²) in [5, 5.41) is 0. The lowest BCUT2D eigenvalue weighted by Crippen LogP contribution is -2.17. The monoisotopic (exact) mass is 189 g/mol. The Kier molecular flexibility index (Phi) is 5.02. The van der Waals surface area contributed by atoms with E-state index in [2.05, 4.69) is 13.8 Å². The van der Waals surface area contributed by atoms with Gasteiger partial charge in [0.25, 0.3) is 0 Å². The highest BCUT2D eigenvalue weighted by Crippen LogP contribution is 2.21. The zero-order valence-corrected chi connectivity index (χ0v) is 8.30. The molecule has 0 aliphatic rings. The molecule has 0 spiro atoms. The molecule has 0 saturated carbocycles. The zero-order valence-electron chi connectivity index (χ0n) is 7.49. The molecular weight excluding hydrogens is 174 g/mol. The number of hydrogen-bond acceptors (Lipinski definition) is 2. The van der Waals surface area contributed by atoms with Crippen LogP contribution in [0.3, 0.4) is 0 Å². The van der Waals surface area contributed by atoms with E-state index in [4.69, 9.17) is 10.2 Å². The van der Waals surface area contributed by atoms with Crippen LogP contribution in [0.1, 0.15) is 31.9 Å². The van der Waals surface area contributed by atoms with Crippen LogP contribution < -0.4 is 5.73 Å². The van der Waals surface area contributed by atoms with Gasteiger partial charge in [0.05, 0.1) is 12.5 Å². The molecule has 0 aromatic carbocycles. The first-order valence-corrected chi connectivity index (χ1v) is 4.03. The third kappa shape index (κ3) is 2.54. The van der Waals surface area contributed by atoms with Gasteiger partial charge >= 0.3 is 0 Å². The Morgan fingerprint density at radius 1 is 1.58 bits per heavy atom. The number of rotatable bonds is 3. The highest BCUT2D eigenvalue weighted by Gasteiger charge is 2.13. The lowest BCUT2D eigenvalue weighted by Gasteiger charge is -2.15. The Hall–Kier alpha value is -0.470. The molecular formula is C9H16ClNO. The van der Waals surface area contributed by atoms with E-state index in [0.29, 0.717) is 5.92 Å². The minimum atomic E-state index is 0. The van der Waals surface area contributed by atoms with Gasteiger partial charge in [0.15, 0.2) is 0 Å². The summed E-state index contributed by atoms with van der Waals surface area (Å²) in [5.41, 5.74) is 7.03. The quantitative estimate of drug-likeness (QED) is 0.794. The topological polar surface area (TPSA) is 39.2 Å². The maximum absolute atomic E-state index is 5.93. The smallest absolute Gasteiger partial charge is 0.0950 e. The molecule has 1 aromatic rings. The van der Waals surface area contributed by atoms with Crippen molar-refractivity contribution in [1.82, 2.24) is 0 Å². The highest BCUT2D eigenvalue weighted by atomic mass is 35.5. The molecule has 0 saturated heterocycles. The summed E-state index contributed by atoms with van der Waals surface area (Å²) in [6, 6.07) is 2.05. The molecule has 1 unspecified atom stereocenters. The largest absolute Gasteiger partial charge is 0.472 e. The first-order chi connectivity index (χ1) is 5.25. The maximum atomic E-state index is 5.93.